The van der Waals surface area contributed by atoms with E-state index in [0.29, 0.717) is 10.0 Å². The van der Waals surface area contributed by atoms with Crippen molar-refractivity contribution < 1.29 is 9.90 Å². The van der Waals surface area contributed by atoms with Gasteiger partial charge in [-0.25, -0.2) is 0 Å². The molecule has 1 atom stereocenters. The summed E-state index contributed by atoms with van der Waals surface area (Å²) in [6.07, 6.45) is 2.55. The van der Waals surface area contributed by atoms with Crippen LogP contribution in [-0.2, 0) is 4.79 Å². The minimum atomic E-state index is -0.774. The standard InChI is InChI=1S/C12H12Cl2O2/c1-8(15)6-11(16)5-3-9-2-4-10(13)7-12(9)14/h2-5,7,11,16H,6H2,1H3/b5-3+. The lowest BCUT2D eigenvalue weighted by Crippen LogP contribution is -2.07. The van der Waals surface area contributed by atoms with Gasteiger partial charge in [0.2, 0.25) is 0 Å². The van der Waals surface area contributed by atoms with Gasteiger partial charge in [-0.15, -0.1) is 0 Å². The Morgan fingerprint density at radius 2 is 2.19 bits per heavy atom. The highest BCUT2D eigenvalue weighted by molar-refractivity contribution is 6.35. The number of aliphatic hydroxyl groups is 1. The SMILES string of the molecule is CC(=O)CC(O)/C=C/c1ccc(Cl)cc1Cl. The van der Waals surface area contributed by atoms with Gasteiger partial charge in [-0.1, -0.05) is 41.4 Å². The van der Waals surface area contributed by atoms with Crippen molar-refractivity contribution in [1.82, 2.24) is 0 Å². The first-order valence-electron chi connectivity index (χ1n) is 4.80. The van der Waals surface area contributed by atoms with Gasteiger partial charge in [-0.3, -0.25) is 4.79 Å². The quantitative estimate of drug-likeness (QED) is 0.900. The van der Waals surface area contributed by atoms with E-state index in [1.165, 1.54) is 13.0 Å². The summed E-state index contributed by atoms with van der Waals surface area (Å²) in [7, 11) is 0. The van der Waals surface area contributed by atoms with Gasteiger partial charge in [0.05, 0.1) is 6.10 Å². The lowest BCUT2D eigenvalue weighted by atomic mass is 10.1. The summed E-state index contributed by atoms with van der Waals surface area (Å²) in [6.45, 7) is 1.44. The van der Waals surface area contributed by atoms with E-state index in [0.717, 1.165) is 5.56 Å². The van der Waals surface area contributed by atoms with Crippen molar-refractivity contribution >= 4 is 35.1 Å². The first-order chi connectivity index (χ1) is 7.49. The highest BCUT2D eigenvalue weighted by Gasteiger charge is 2.03. The van der Waals surface area contributed by atoms with Gasteiger partial charge in [0.25, 0.3) is 0 Å². The van der Waals surface area contributed by atoms with Crippen LogP contribution in [0, 0.1) is 0 Å². The van der Waals surface area contributed by atoms with Gasteiger partial charge in [0, 0.05) is 16.5 Å². The molecule has 0 radical (unpaired) electrons. The maximum absolute atomic E-state index is 10.7. The summed E-state index contributed by atoms with van der Waals surface area (Å²) in [4.78, 5) is 10.7. The zero-order valence-electron chi connectivity index (χ0n) is 8.78. The van der Waals surface area contributed by atoms with Gasteiger partial charge in [-0.2, -0.15) is 0 Å². The molecule has 1 aromatic rings. The van der Waals surface area contributed by atoms with Gasteiger partial charge in [-0.05, 0) is 24.6 Å². The molecule has 0 aliphatic carbocycles. The topological polar surface area (TPSA) is 37.3 Å². The van der Waals surface area contributed by atoms with Crippen LogP contribution in [0.25, 0.3) is 6.08 Å². The number of benzene rings is 1. The zero-order chi connectivity index (χ0) is 12.1. The number of hydrogen-bond donors (Lipinski definition) is 1. The molecule has 4 heteroatoms. The van der Waals surface area contributed by atoms with Crippen molar-refractivity contribution in [2.24, 2.45) is 0 Å². The molecule has 1 rings (SSSR count). The third-order valence-corrected chi connectivity index (χ3v) is 2.52. The average molecular weight is 259 g/mol. The Morgan fingerprint density at radius 1 is 1.50 bits per heavy atom. The highest BCUT2D eigenvalue weighted by Crippen LogP contribution is 2.22. The van der Waals surface area contributed by atoms with Crippen LogP contribution in [0.2, 0.25) is 10.0 Å². The van der Waals surface area contributed by atoms with Crippen molar-refractivity contribution in [3.8, 4) is 0 Å². The summed E-state index contributed by atoms with van der Waals surface area (Å²) in [5, 5.41) is 10.5. The van der Waals surface area contributed by atoms with Crippen molar-refractivity contribution in [2.75, 3.05) is 0 Å². The molecular weight excluding hydrogens is 247 g/mol. The Labute approximate surface area is 104 Å². The fraction of sp³-hybridized carbons (Fsp3) is 0.250. The van der Waals surface area contributed by atoms with Crippen molar-refractivity contribution in [3.05, 3.63) is 39.9 Å². The molecule has 0 fully saturated rings. The van der Waals surface area contributed by atoms with Gasteiger partial charge >= 0.3 is 0 Å². The third-order valence-electron chi connectivity index (χ3n) is 1.96. The van der Waals surface area contributed by atoms with Crippen LogP contribution >= 0.6 is 23.2 Å². The molecule has 0 saturated heterocycles. The Bertz CT molecular complexity index is 413. The van der Waals surface area contributed by atoms with Crippen LogP contribution in [-0.4, -0.2) is 17.0 Å². The number of rotatable bonds is 4. The fourth-order valence-electron chi connectivity index (χ4n) is 1.21. The van der Waals surface area contributed by atoms with Crippen molar-refractivity contribution in [2.45, 2.75) is 19.4 Å². The first kappa shape index (κ1) is 13.2. The number of Topliss-reactive ketones (excluding diaryl/α,β-unsaturated/α-hetero) is 1. The second-order valence-electron chi connectivity index (χ2n) is 3.50. The van der Waals surface area contributed by atoms with Crippen molar-refractivity contribution in [3.63, 3.8) is 0 Å². The highest BCUT2D eigenvalue weighted by atomic mass is 35.5. The molecule has 0 saturated carbocycles. The van der Waals surface area contributed by atoms with E-state index in [-0.39, 0.29) is 12.2 Å². The maximum atomic E-state index is 10.7. The molecule has 0 heterocycles. The van der Waals surface area contributed by atoms with E-state index >= 15 is 0 Å². The molecule has 0 bridgehead atoms. The molecule has 1 N–H and O–H groups in total. The lowest BCUT2D eigenvalue weighted by Gasteiger charge is -2.02. The maximum Gasteiger partial charge on any atom is 0.132 e. The molecule has 0 spiro atoms. The Morgan fingerprint density at radius 3 is 2.75 bits per heavy atom. The summed E-state index contributed by atoms with van der Waals surface area (Å²) in [5.41, 5.74) is 0.758. The molecule has 1 aromatic carbocycles. The van der Waals surface area contributed by atoms with Gasteiger partial charge in [0.15, 0.2) is 0 Å². The minimum absolute atomic E-state index is 0.0562. The smallest absolute Gasteiger partial charge is 0.132 e. The van der Waals surface area contributed by atoms with E-state index in [9.17, 15) is 9.90 Å². The predicted octanol–water partition coefficient (Wildman–Crippen LogP) is 3.35. The van der Waals surface area contributed by atoms with E-state index in [1.54, 1.807) is 24.3 Å². The van der Waals surface area contributed by atoms with Crippen LogP contribution < -0.4 is 0 Å². The number of hydrogen-bond acceptors (Lipinski definition) is 2. The van der Waals surface area contributed by atoms with E-state index in [2.05, 4.69) is 0 Å². The van der Waals surface area contributed by atoms with Crippen LogP contribution in [0.15, 0.2) is 24.3 Å². The number of aliphatic hydroxyl groups excluding tert-OH is 1. The van der Waals surface area contributed by atoms with Crippen LogP contribution in [0.4, 0.5) is 0 Å². The third kappa shape index (κ3) is 4.35. The summed E-state index contributed by atoms with van der Waals surface area (Å²) < 4.78 is 0. The Kier molecular flexibility index (Phi) is 5.00. The lowest BCUT2D eigenvalue weighted by molar-refractivity contribution is -0.118. The summed E-state index contributed by atoms with van der Waals surface area (Å²) in [5.74, 6) is -0.0562. The van der Waals surface area contributed by atoms with E-state index < -0.39 is 6.10 Å². The molecule has 0 aliphatic heterocycles. The molecule has 16 heavy (non-hydrogen) atoms. The number of halogens is 2. The molecule has 2 nitrogen and oxygen atoms in total. The second-order valence-corrected chi connectivity index (χ2v) is 4.34. The van der Waals surface area contributed by atoms with Crippen LogP contribution in [0.3, 0.4) is 0 Å². The zero-order valence-corrected chi connectivity index (χ0v) is 10.3. The molecule has 0 aromatic heterocycles. The summed E-state index contributed by atoms with van der Waals surface area (Å²) in [6, 6.07) is 5.09. The number of carbonyl (C=O) groups excluding carboxylic acids is 1. The largest absolute Gasteiger partial charge is 0.389 e. The van der Waals surface area contributed by atoms with Crippen molar-refractivity contribution in [1.29, 1.82) is 0 Å². The molecule has 0 aliphatic rings. The molecule has 1 unspecified atom stereocenters. The Hall–Kier alpha value is -0.830. The molecule has 0 amide bonds. The molecule has 86 valence electrons. The second kappa shape index (κ2) is 6.04. The molecular formula is C12H12Cl2O2. The van der Waals surface area contributed by atoms with Crippen LogP contribution in [0.1, 0.15) is 18.9 Å². The van der Waals surface area contributed by atoms with E-state index in [1.807, 2.05) is 0 Å². The van der Waals surface area contributed by atoms with Gasteiger partial charge < -0.3 is 5.11 Å². The monoisotopic (exact) mass is 258 g/mol. The normalized spacial score (nSPS) is 13.0. The number of carbonyl (C=O) groups is 1. The number of ketones is 1. The predicted molar refractivity (Wildman–Crippen MR) is 66.8 cm³/mol. The van der Waals surface area contributed by atoms with Gasteiger partial charge in [0.1, 0.15) is 5.78 Å². The first-order valence-corrected chi connectivity index (χ1v) is 5.55. The van der Waals surface area contributed by atoms with Crippen LogP contribution in [0.5, 0.6) is 0 Å². The average Bonchev–Trinajstić information content (AvgIpc) is 2.15. The summed E-state index contributed by atoms with van der Waals surface area (Å²) >= 11 is 11.7. The van der Waals surface area contributed by atoms with E-state index in [4.69, 9.17) is 23.2 Å². The Balaban J connectivity index is 2.72. The minimum Gasteiger partial charge on any atom is -0.389 e. The fourth-order valence-corrected chi connectivity index (χ4v) is 1.69.